The van der Waals surface area contributed by atoms with Crippen molar-refractivity contribution in [2.45, 2.75) is 39.2 Å². The summed E-state index contributed by atoms with van der Waals surface area (Å²) >= 11 is 0. The number of aryl methyl sites for hydroxylation is 1. The van der Waals surface area contributed by atoms with E-state index in [0.717, 1.165) is 25.2 Å². The van der Waals surface area contributed by atoms with E-state index >= 15 is 0 Å². The van der Waals surface area contributed by atoms with Gasteiger partial charge in [0.25, 0.3) is 5.91 Å². The van der Waals surface area contributed by atoms with Gasteiger partial charge in [0, 0.05) is 31.6 Å². The van der Waals surface area contributed by atoms with Crippen LogP contribution in [0.5, 0.6) is 0 Å². The highest BCUT2D eigenvalue weighted by molar-refractivity contribution is 5.92. The Labute approximate surface area is 131 Å². The Morgan fingerprint density at radius 2 is 2.14 bits per heavy atom. The number of aromatic nitrogens is 2. The number of imidazole rings is 1. The third kappa shape index (κ3) is 3.21. The lowest BCUT2D eigenvalue weighted by atomic mass is 9.92. The van der Waals surface area contributed by atoms with Gasteiger partial charge in [0.2, 0.25) is 0 Å². The lowest BCUT2D eigenvalue weighted by Crippen LogP contribution is -2.27. The Kier molecular flexibility index (Phi) is 4.27. The summed E-state index contributed by atoms with van der Waals surface area (Å²) in [5, 5.41) is 2.94. The molecule has 1 aromatic carbocycles. The normalized spacial score (nSPS) is 17.3. The molecule has 4 nitrogen and oxygen atoms in total. The molecule has 1 aliphatic rings. The number of rotatable bonds is 4. The second kappa shape index (κ2) is 6.34. The van der Waals surface area contributed by atoms with Gasteiger partial charge >= 0.3 is 0 Å². The molecule has 116 valence electrons. The van der Waals surface area contributed by atoms with Crippen molar-refractivity contribution in [2.24, 2.45) is 5.92 Å². The fraction of sp³-hybridized carbons (Fsp3) is 0.444. The maximum absolute atomic E-state index is 12.1. The minimum Gasteiger partial charge on any atom is -0.350 e. The maximum atomic E-state index is 12.1. The zero-order valence-corrected chi connectivity index (χ0v) is 13.2. The Bertz CT molecular complexity index is 646. The minimum absolute atomic E-state index is 0.0631. The molecule has 1 N–H and O–H groups in total. The molecule has 0 saturated heterocycles. The van der Waals surface area contributed by atoms with Crippen LogP contribution in [0.4, 0.5) is 0 Å². The molecule has 1 aliphatic heterocycles. The molecule has 0 bridgehead atoms. The topological polar surface area (TPSA) is 46.9 Å². The van der Waals surface area contributed by atoms with Crippen LogP contribution in [0, 0.1) is 5.92 Å². The number of nitrogens with one attached hydrogen (secondary N) is 1. The van der Waals surface area contributed by atoms with Crippen molar-refractivity contribution >= 4 is 5.91 Å². The van der Waals surface area contributed by atoms with Crippen LogP contribution in [-0.4, -0.2) is 22.0 Å². The van der Waals surface area contributed by atoms with E-state index in [-0.39, 0.29) is 5.91 Å². The predicted molar refractivity (Wildman–Crippen MR) is 86.9 cm³/mol. The molecular formula is C18H23N3O. The summed E-state index contributed by atoms with van der Waals surface area (Å²) in [5.74, 6) is 1.92. The summed E-state index contributed by atoms with van der Waals surface area (Å²) in [7, 11) is 0. The molecule has 1 aromatic heterocycles. The van der Waals surface area contributed by atoms with Crippen LogP contribution in [0.2, 0.25) is 0 Å². The SMILES string of the molecule is CC(C)CNC(=O)c1cn2c(n1)CCC(c1ccccc1)C2. The number of nitrogens with zero attached hydrogens (tertiary/aromatic N) is 2. The average Bonchev–Trinajstić information content (AvgIpc) is 2.96. The van der Waals surface area contributed by atoms with Gasteiger partial charge in [-0.25, -0.2) is 4.98 Å². The fourth-order valence-corrected chi connectivity index (χ4v) is 2.94. The third-order valence-electron chi connectivity index (χ3n) is 4.17. The van der Waals surface area contributed by atoms with Gasteiger partial charge in [-0.1, -0.05) is 44.2 Å². The van der Waals surface area contributed by atoms with Crippen LogP contribution in [-0.2, 0) is 13.0 Å². The molecule has 1 atom stereocenters. The largest absolute Gasteiger partial charge is 0.350 e. The van der Waals surface area contributed by atoms with E-state index in [1.807, 2.05) is 12.3 Å². The molecule has 0 saturated carbocycles. The number of carbonyl (C=O) groups is 1. The Hall–Kier alpha value is -2.10. The molecule has 0 radical (unpaired) electrons. The standard InChI is InChI=1S/C18H23N3O/c1-13(2)10-19-18(22)16-12-21-11-15(8-9-17(21)20-16)14-6-4-3-5-7-14/h3-7,12-13,15H,8-11H2,1-2H3,(H,19,22). The van der Waals surface area contributed by atoms with E-state index < -0.39 is 0 Å². The van der Waals surface area contributed by atoms with E-state index in [1.54, 1.807) is 0 Å². The van der Waals surface area contributed by atoms with E-state index in [4.69, 9.17) is 0 Å². The molecule has 1 unspecified atom stereocenters. The summed E-state index contributed by atoms with van der Waals surface area (Å²) in [6.07, 6.45) is 3.92. The summed E-state index contributed by atoms with van der Waals surface area (Å²) in [4.78, 5) is 16.6. The summed E-state index contributed by atoms with van der Waals surface area (Å²) in [6, 6.07) is 10.6. The first-order valence-electron chi connectivity index (χ1n) is 8.02. The Morgan fingerprint density at radius 3 is 2.86 bits per heavy atom. The highest BCUT2D eigenvalue weighted by Crippen LogP contribution is 2.28. The summed E-state index contributed by atoms with van der Waals surface area (Å²) < 4.78 is 2.14. The molecule has 3 rings (SSSR count). The van der Waals surface area contributed by atoms with E-state index in [1.165, 1.54) is 5.56 Å². The number of benzene rings is 1. The first-order valence-corrected chi connectivity index (χ1v) is 8.02. The van der Waals surface area contributed by atoms with Crippen molar-refractivity contribution < 1.29 is 4.79 Å². The smallest absolute Gasteiger partial charge is 0.271 e. The summed E-state index contributed by atoms with van der Waals surface area (Å²) in [5.41, 5.74) is 1.91. The number of fused-ring (bicyclic) bond motifs is 1. The van der Waals surface area contributed by atoms with Crippen LogP contribution < -0.4 is 5.32 Å². The average molecular weight is 297 g/mol. The first kappa shape index (κ1) is 14.8. The molecule has 22 heavy (non-hydrogen) atoms. The second-order valence-electron chi connectivity index (χ2n) is 6.44. The maximum Gasteiger partial charge on any atom is 0.271 e. The number of hydrogen-bond donors (Lipinski definition) is 1. The van der Waals surface area contributed by atoms with E-state index in [0.29, 0.717) is 24.1 Å². The molecule has 0 fully saturated rings. The molecule has 2 aromatic rings. The number of amides is 1. The second-order valence-corrected chi connectivity index (χ2v) is 6.44. The predicted octanol–water partition coefficient (Wildman–Crippen LogP) is 3.00. The number of carbonyl (C=O) groups excluding carboxylic acids is 1. The van der Waals surface area contributed by atoms with Crippen LogP contribution in [0.15, 0.2) is 36.5 Å². The van der Waals surface area contributed by atoms with Crippen molar-refractivity contribution in [2.75, 3.05) is 6.54 Å². The van der Waals surface area contributed by atoms with E-state index in [9.17, 15) is 4.79 Å². The molecule has 2 heterocycles. The fourth-order valence-electron chi connectivity index (χ4n) is 2.94. The lowest BCUT2D eigenvalue weighted by Gasteiger charge is -2.23. The number of hydrogen-bond acceptors (Lipinski definition) is 2. The molecular weight excluding hydrogens is 274 g/mol. The van der Waals surface area contributed by atoms with Crippen molar-refractivity contribution in [3.05, 3.63) is 53.6 Å². The molecule has 4 heteroatoms. The summed E-state index contributed by atoms with van der Waals surface area (Å²) in [6.45, 7) is 5.77. The van der Waals surface area contributed by atoms with Crippen molar-refractivity contribution in [3.63, 3.8) is 0 Å². The third-order valence-corrected chi connectivity index (χ3v) is 4.17. The molecule has 0 aliphatic carbocycles. The van der Waals surface area contributed by atoms with Crippen molar-refractivity contribution in [1.29, 1.82) is 0 Å². The van der Waals surface area contributed by atoms with Gasteiger partial charge < -0.3 is 9.88 Å². The van der Waals surface area contributed by atoms with Gasteiger partial charge in [0.1, 0.15) is 11.5 Å². The Morgan fingerprint density at radius 1 is 1.36 bits per heavy atom. The zero-order chi connectivity index (χ0) is 15.5. The molecule has 0 spiro atoms. The van der Waals surface area contributed by atoms with Gasteiger partial charge in [-0.15, -0.1) is 0 Å². The van der Waals surface area contributed by atoms with Crippen molar-refractivity contribution in [1.82, 2.24) is 14.9 Å². The van der Waals surface area contributed by atoms with Crippen LogP contribution in [0.1, 0.15) is 48.1 Å². The van der Waals surface area contributed by atoms with Gasteiger partial charge in [-0.3, -0.25) is 4.79 Å². The van der Waals surface area contributed by atoms with Gasteiger partial charge in [0.05, 0.1) is 0 Å². The van der Waals surface area contributed by atoms with Crippen LogP contribution in [0.25, 0.3) is 0 Å². The van der Waals surface area contributed by atoms with Crippen LogP contribution in [0.3, 0.4) is 0 Å². The zero-order valence-electron chi connectivity index (χ0n) is 13.2. The first-order chi connectivity index (χ1) is 10.6. The van der Waals surface area contributed by atoms with E-state index in [2.05, 4.69) is 53.0 Å². The monoisotopic (exact) mass is 297 g/mol. The van der Waals surface area contributed by atoms with Gasteiger partial charge in [-0.2, -0.15) is 0 Å². The quantitative estimate of drug-likeness (QED) is 0.943. The Balaban J connectivity index is 1.71. The minimum atomic E-state index is -0.0631. The molecule has 1 amide bonds. The van der Waals surface area contributed by atoms with Gasteiger partial charge in [0.15, 0.2) is 0 Å². The van der Waals surface area contributed by atoms with Crippen LogP contribution >= 0.6 is 0 Å². The lowest BCUT2D eigenvalue weighted by molar-refractivity contribution is 0.0944. The van der Waals surface area contributed by atoms with Gasteiger partial charge in [-0.05, 0) is 17.9 Å². The van der Waals surface area contributed by atoms with Crippen molar-refractivity contribution in [3.8, 4) is 0 Å². The highest BCUT2D eigenvalue weighted by atomic mass is 16.1. The highest BCUT2D eigenvalue weighted by Gasteiger charge is 2.23.